The van der Waals surface area contributed by atoms with Crippen molar-refractivity contribution in [2.75, 3.05) is 5.75 Å². The highest BCUT2D eigenvalue weighted by atomic mass is 35.5. The smallest absolute Gasteiger partial charge is 0.336 e. The average Bonchev–Trinajstić information content (AvgIpc) is 2.85. The predicted molar refractivity (Wildman–Crippen MR) is 141 cm³/mol. The molecule has 35 heavy (non-hydrogen) atoms. The number of hydrogen-bond acceptors (Lipinski definition) is 5. The number of pyridine rings is 1. The number of nitrogens with zero attached hydrogens (tertiary/aromatic N) is 1. The number of halogens is 1. The van der Waals surface area contributed by atoms with Gasteiger partial charge in [-0.15, -0.1) is 11.8 Å². The van der Waals surface area contributed by atoms with Crippen LogP contribution in [0.15, 0.2) is 83.8 Å². The first-order valence-corrected chi connectivity index (χ1v) is 12.2. The number of carbonyl (C=O) groups is 2. The van der Waals surface area contributed by atoms with E-state index in [0.717, 1.165) is 27.7 Å². The third kappa shape index (κ3) is 6.50. The maximum absolute atomic E-state index is 11.8. The normalized spacial score (nSPS) is 12.1. The van der Waals surface area contributed by atoms with Crippen LogP contribution in [0.4, 0.5) is 0 Å². The van der Waals surface area contributed by atoms with Gasteiger partial charge in [-0.25, -0.2) is 9.78 Å². The predicted octanol–water partition coefficient (Wildman–Crippen LogP) is 7.15. The molecule has 1 heterocycles. The number of benzene rings is 3. The lowest BCUT2D eigenvalue weighted by Crippen LogP contribution is -2.11. The minimum absolute atomic E-state index is 0.222. The lowest BCUT2D eigenvalue weighted by atomic mass is 10.1. The fraction of sp³-hybridized carbons (Fsp3) is 0.107. The van der Waals surface area contributed by atoms with Gasteiger partial charge in [0.25, 0.3) is 0 Å². The van der Waals surface area contributed by atoms with Crippen LogP contribution >= 0.6 is 23.4 Å². The monoisotopic (exact) mass is 503 g/mol. The van der Waals surface area contributed by atoms with Crippen LogP contribution < -0.4 is 0 Å². The highest BCUT2D eigenvalue weighted by Gasteiger charge is 2.18. The summed E-state index contributed by atoms with van der Waals surface area (Å²) in [6.45, 7) is 1.37. The Labute approximate surface area is 212 Å². The number of fused-ring (bicyclic) bond motifs is 1. The molecule has 3 aromatic carbocycles. The van der Waals surface area contributed by atoms with Crippen molar-refractivity contribution in [2.45, 2.75) is 17.9 Å². The van der Waals surface area contributed by atoms with E-state index in [1.807, 2.05) is 66.7 Å². The summed E-state index contributed by atoms with van der Waals surface area (Å²) in [5.74, 6) is -1.01. The summed E-state index contributed by atoms with van der Waals surface area (Å²) < 4.78 is 5.58. The quantitative estimate of drug-likeness (QED) is 0.203. The number of aromatic carboxylic acids is 1. The van der Waals surface area contributed by atoms with Gasteiger partial charge in [0.15, 0.2) is 0 Å². The number of hydrogen-bond donors (Lipinski definition) is 1. The van der Waals surface area contributed by atoms with E-state index in [4.69, 9.17) is 16.3 Å². The molecule has 0 radical (unpaired) electrons. The summed E-state index contributed by atoms with van der Waals surface area (Å²) >= 11 is 7.43. The average molecular weight is 504 g/mol. The molecule has 0 bridgehead atoms. The molecule has 7 heteroatoms. The van der Waals surface area contributed by atoms with Gasteiger partial charge in [-0.1, -0.05) is 60.1 Å². The third-order valence-electron chi connectivity index (χ3n) is 5.22. The molecule has 0 aliphatic heterocycles. The Balaban J connectivity index is 1.54. The van der Waals surface area contributed by atoms with Gasteiger partial charge in [-0.05, 0) is 53.6 Å². The molecule has 176 valence electrons. The summed E-state index contributed by atoms with van der Waals surface area (Å²) in [6, 6.07) is 24.0. The number of carboxylic acid groups (broad SMARTS) is 1. The van der Waals surface area contributed by atoms with E-state index >= 15 is 0 Å². The maximum Gasteiger partial charge on any atom is 0.336 e. The molecule has 1 aromatic heterocycles. The largest absolute Gasteiger partial charge is 0.478 e. The van der Waals surface area contributed by atoms with Crippen LogP contribution in [0.1, 0.15) is 40.2 Å². The van der Waals surface area contributed by atoms with Gasteiger partial charge in [0.05, 0.1) is 16.8 Å². The standard InChI is InChI=1S/C28H22ClNO4S/c1-18(31)34-26(17-35-27-8-3-2-7-24(27)28(32)33)21-6-4-5-19(15-21)9-13-23-14-11-20-10-12-22(29)16-25(20)30-23/h2-16,26H,17H2,1H3,(H,32,33)/b13-9+. The Morgan fingerprint density at radius 3 is 2.63 bits per heavy atom. The summed E-state index contributed by atoms with van der Waals surface area (Å²) in [5.41, 5.74) is 3.58. The molecule has 0 saturated carbocycles. The number of thioether (sulfide) groups is 1. The van der Waals surface area contributed by atoms with Crippen LogP contribution in [-0.2, 0) is 9.53 Å². The number of aromatic nitrogens is 1. The van der Waals surface area contributed by atoms with Crippen molar-refractivity contribution < 1.29 is 19.4 Å². The number of ether oxygens (including phenoxy) is 1. The molecular weight excluding hydrogens is 482 g/mol. The Hall–Kier alpha value is -3.61. The zero-order chi connectivity index (χ0) is 24.8. The van der Waals surface area contributed by atoms with Crippen LogP contribution in [-0.4, -0.2) is 27.8 Å². The molecule has 1 N–H and O–H groups in total. The fourth-order valence-electron chi connectivity index (χ4n) is 3.58. The number of carboxylic acids is 1. The van der Waals surface area contributed by atoms with E-state index in [9.17, 15) is 14.7 Å². The van der Waals surface area contributed by atoms with E-state index < -0.39 is 18.0 Å². The van der Waals surface area contributed by atoms with Crippen molar-refractivity contribution in [3.8, 4) is 0 Å². The molecule has 0 spiro atoms. The summed E-state index contributed by atoms with van der Waals surface area (Å²) in [6.07, 6.45) is 3.33. The van der Waals surface area contributed by atoms with Crippen LogP contribution in [0.3, 0.4) is 0 Å². The molecule has 0 fully saturated rings. The van der Waals surface area contributed by atoms with Gasteiger partial charge in [0.1, 0.15) is 6.10 Å². The second-order valence-electron chi connectivity index (χ2n) is 7.79. The fourth-order valence-corrected chi connectivity index (χ4v) is 4.82. The van der Waals surface area contributed by atoms with Gasteiger partial charge in [0, 0.05) is 28.0 Å². The molecular formula is C28H22ClNO4S. The Morgan fingerprint density at radius 1 is 1.03 bits per heavy atom. The van der Waals surface area contributed by atoms with Gasteiger partial charge < -0.3 is 9.84 Å². The molecule has 0 amide bonds. The molecule has 1 atom stereocenters. The SMILES string of the molecule is CC(=O)OC(CSc1ccccc1C(=O)O)c1cccc(/C=C/c2ccc3ccc(Cl)cc3n2)c1. The van der Waals surface area contributed by atoms with E-state index in [1.165, 1.54) is 18.7 Å². The summed E-state index contributed by atoms with van der Waals surface area (Å²) in [7, 11) is 0. The van der Waals surface area contributed by atoms with Crippen molar-refractivity contribution in [3.63, 3.8) is 0 Å². The molecule has 0 aliphatic rings. The lowest BCUT2D eigenvalue weighted by molar-refractivity contribution is -0.145. The second kappa shape index (κ2) is 11.2. The minimum atomic E-state index is -0.992. The molecule has 1 unspecified atom stereocenters. The van der Waals surface area contributed by atoms with Crippen molar-refractivity contribution in [1.29, 1.82) is 0 Å². The first-order chi connectivity index (χ1) is 16.9. The van der Waals surface area contributed by atoms with Gasteiger partial charge in [-0.2, -0.15) is 0 Å². The maximum atomic E-state index is 11.8. The van der Waals surface area contributed by atoms with Gasteiger partial charge in [-0.3, -0.25) is 4.79 Å². The van der Waals surface area contributed by atoms with Crippen LogP contribution in [0, 0.1) is 0 Å². The minimum Gasteiger partial charge on any atom is -0.478 e. The molecule has 5 nitrogen and oxygen atoms in total. The lowest BCUT2D eigenvalue weighted by Gasteiger charge is -2.18. The first kappa shape index (κ1) is 24.5. The van der Waals surface area contributed by atoms with E-state index in [0.29, 0.717) is 15.7 Å². The third-order valence-corrected chi connectivity index (χ3v) is 6.59. The number of rotatable bonds is 8. The molecule has 4 rings (SSSR count). The highest BCUT2D eigenvalue weighted by molar-refractivity contribution is 7.99. The Morgan fingerprint density at radius 2 is 1.83 bits per heavy atom. The highest BCUT2D eigenvalue weighted by Crippen LogP contribution is 2.30. The van der Waals surface area contributed by atoms with Crippen LogP contribution in [0.25, 0.3) is 23.1 Å². The summed E-state index contributed by atoms with van der Waals surface area (Å²) in [5, 5.41) is 11.1. The van der Waals surface area contributed by atoms with Crippen molar-refractivity contribution in [1.82, 2.24) is 4.98 Å². The second-order valence-corrected chi connectivity index (χ2v) is 9.29. The van der Waals surface area contributed by atoms with Crippen molar-refractivity contribution in [2.24, 2.45) is 0 Å². The van der Waals surface area contributed by atoms with E-state index in [-0.39, 0.29) is 5.56 Å². The zero-order valence-corrected chi connectivity index (χ0v) is 20.4. The zero-order valence-electron chi connectivity index (χ0n) is 18.9. The van der Waals surface area contributed by atoms with Crippen molar-refractivity contribution in [3.05, 3.63) is 106 Å². The molecule has 0 saturated heterocycles. The molecule has 0 aliphatic carbocycles. The van der Waals surface area contributed by atoms with Crippen LogP contribution in [0.2, 0.25) is 5.02 Å². The number of esters is 1. The first-order valence-electron chi connectivity index (χ1n) is 10.9. The molecule has 4 aromatic rings. The van der Waals surface area contributed by atoms with Gasteiger partial charge in [0.2, 0.25) is 0 Å². The Kier molecular flexibility index (Phi) is 7.85. The van der Waals surface area contributed by atoms with E-state index in [2.05, 4.69) is 4.98 Å². The van der Waals surface area contributed by atoms with Crippen molar-refractivity contribution >= 4 is 58.4 Å². The Bertz CT molecular complexity index is 1420. The summed E-state index contributed by atoms with van der Waals surface area (Å²) in [4.78, 5) is 28.6. The van der Waals surface area contributed by atoms with Gasteiger partial charge >= 0.3 is 11.9 Å². The van der Waals surface area contributed by atoms with Crippen LogP contribution in [0.5, 0.6) is 0 Å². The van der Waals surface area contributed by atoms with E-state index in [1.54, 1.807) is 24.3 Å². The topological polar surface area (TPSA) is 76.5 Å². The number of carbonyl (C=O) groups excluding carboxylic acids is 1.